The Labute approximate surface area is 60.6 Å². The highest BCUT2D eigenvalue weighted by molar-refractivity contribution is 5.57. The first-order valence-electron chi connectivity index (χ1n) is 3.34. The maximum atomic E-state index is 10.1. The molecule has 0 spiro atoms. The van der Waals surface area contributed by atoms with Gasteiger partial charge in [-0.25, -0.2) is 0 Å². The van der Waals surface area contributed by atoms with Crippen molar-refractivity contribution in [3.63, 3.8) is 0 Å². The number of carbonyl (C=O) groups excluding carboxylic acids is 2. The van der Waals surface area contributed by atoms with Crippen molar-refractivity contribution >= 4 is 12.6 Å². The SMILES string of the molecule is CCC(N)(CC=O)CC=O. The van der Waals surface area contributed by atoms with Crippen LogP contribution < -0.4 is 5.73 Å². The maximum Gasteiger partial charge on any atom is 0.121 e. The van der Waals surface area contributed by atoms with Crippen LogP contribution in [0, 0.1) is 0 Å². The third kappa shape index (κ3) is 2.73. The lowest BCUT2D eigenvalue weighted by Gasteiger charge is -2.22. The average Bonchev–Trinajstić information content (AvgIpc) is 1.89. The molecule has 0 atom stereocenters. The largest absolute Gasteiger partial charge is 0.324 e. The summed E-state index contributed by atoms with van der Waals surface area (Å²) < 4.78 is 0. The Hall–Kier alpha value is -0.700. The van der Waals surface area contributed by atoms with E-state index < -0.39 is 5.54 Å². The second-order valence-electron chi connectivity index (χ2n) is 2.46. The van der Waals surface area contributed by atoms with Crippen molar-refractivity contribution in [2.45, 2.75) is 31.7 Å². The first-order chi connectivity index (χ1) is 4.68. The van der Waals surface area contributed by atoms with Gasteiger partial charge in [0, 0.05) is 18.4 Å². The predicted molar refractivity (Wildman–Crippen MR) is 38.6 cm³/mol. The fraction of sp³-hybridized carbons (Fsp3) is 0.714. The zero-order chi connectivity index (χ0) is 8.04. The molecule has 0 unspecified atom stereocenters. The minimum absolute atomic E-state index is 0.266. The lowest BCUT2D eigenvalue weighted by atomic mass is 9.91. The van der Waals surface area contributed by atoms with Crippen molar-refractivity contribution in [1.29, 1.82) is 0 Å². The molecule has 0 rings (SSSR count). The number of aldehydes is 2. The van der Waals surface area contributed by atoms with Crippen molar-refractivity contribution in [3.05, 3.63) is 0 Å². The van der Waals surface area contributed by atoms with Crippen LogP contribution in [0.2, 0.25) is 0 Å². The van der Waals surface area contributed by atoms with Crippen LogP contribution in [0.15, 0.2) is 0 Å². The highest BCUT2D eigenvalue weighted by atomic mass is 16.1. The molecule has 0 bridgehead atoms. The molecule has 0 aromatic rings. The van der Waals surface area contributed by atoms with Gasteiger partial charge >= 0.3 is 0 Å². The van der Waals surface area contributed by atoms with Gasteiger partial charge in [0.15, 0.2) is 0 Å². The van der Waals surface area contributed by atoms with Crippen LogP contribution in [0.5, 0.6) is 0 Å². The minimum atomic E-state index is -0.594. The summed E-state index contributed by atoms with van der Waals surface area (Å²) in [6.45, 7) is 1.87. The molecular formula is C7H13NO2. The van der Waals surface area contributed by atoms with Crippen molar-refractivity contribution in [1.82, 2.24) is 0 Å². The zero-order valence-electron chi connectivity index (χ0n) is 6.17. The number of hydrogen-bond acceptors (Lipinski definition) is 3. The Bertz CT molecular complexity index is 113. The number of nitrogens with two attached hydrogens (primary N) is 1. The van der Waals surface area contributed by atoms with E-state index in [2.05, 4.69) is 0 Å². The van der Waals surface area contributed by atoms with Gasteiger partial charge in [-0.15, -0.1) is 0 Å². The molecule has 0 aliphatic heterocycles. The second kappa shape index (κ2) is 4.17. The lowest BCUT2D eigenvalue weighted by Crippen LogP contribution is -2.39. The Morgan fingerprint density at radius 1 is 1.30 bits per heavy atom. The summed E-state index contributed by atoms with van der Waals surface area (Å²) in [4.78, 5) is 20.1. The van der Waals surface area contributed by atoms with Gasteiger partial charge < -0.3 is 15.3 Å². The molecule has 0 aromatic carbocycles. The number of hydrogen-bond donors (Lipinski definition) is 1. The molecule has 0 aliphatic rings. The first-order valence-corrected chi connectivity index (χ1v) is 3.34. The quantitative estimate of drug-likeness (QED) is 0.562. The van der Waals surface area contributed by atoms with Crippen LogP contribution in [-0.4, -0.2) is 18.1 Å². The fourth-order valence-corrected chi connectivity index (χ4v) is 0.704. The minimum Gasteiger partial charge on any atom is -0.324 e. The molecular weight excluding hydrogens is 130 g/mol. The molecule has 2 N–H and O–H groups in total. The van der Waals surface area contributed by atoms with E-state index in [1.54, 1.807) is 0 Å². The van der Waals surface area contributed by atoms with Gasteiger partial charge in [-0.2, -0.15) is 0 Å². The first kappa shape index (κ1) is 9.30. The molecule has 58 valence electrons. The zero-order valence-corrected chi connectivity index (χ0v) is 6.17. The molecule has 0 radical (unpaired) electrons. The standard InChI is InChI=1S/C7H13NO2/c1-2-7(8,3-5-9)4-6-10/h5-6H,2-4,8H2,1H3. The predicted octanol–water partition coefficient (Wildman–Crippen LogP) is 0.272. The average molecular weight is 143 g/mol. The molecule has 3 heteroatoms. The van der Waals surface area contributed by atoms with Crippen LogP contribution in [0.3, 0.4) is 0 Å². The topological polar surface area (TPSA) is 60.2 Å². The van der Waals surface area contributed by atoms with Crippen LogP contribution in [0.25, 0.3) is 0 Å². The van der Waals surface area contributed by atoms with Gasteiger partial charge in [0.05, 0.1) is 0 Å². The third-order valence-corrected chi connectivity index (χ3v) is 1.68. The van der Waals surface area contributed by atoms with Gasteiger partial charge in [-0.1, -0.05) is 6.92 Å². The van der Waals surface area contributed by atoms with Gasteiger partial charge in [0.2, 0.25) is 0 Å². The Balaban J connectivity index is 3.92. The Morgan fingerprint density at radius 2 is 1.70 bits per heavy atom. The van der Waals surface area contributed by atoms with E-state index in [1.165, 1.54) is 0 Å². The summed E-state index contributed by atoms with van der Waals surface area (Å²) >= 11 is 0. The van der Waals surface area contributed by atoms with Crippen molar-refractivity contribution in [2.24, 2.45) is 5.73 Å². The second-order valence-corrected chi connectivity index (χ2v) is 2.46. The molecule has 0 fully saturated rings. The van der Waals surface area contributed by atoms with E-state index in [0.717, 1.165) is 12.6 Å². The van der Waals surface area contributed by atoms with Gasteiger partial charge in [-0.05, 0) is 6.42 Å². The number of rotatable bonds is 5. The van der Waals surface area contributed by atoms with E-state index in [-0.39, 0.29) is 12.8 Å². The van der Waals surface area contributed by atoms with Gasteiger partial charge in [0.1, 0.15) is 12.6 Å². The summed E-state index contributed by atoms with van der Waals surface area (Å²) in [7, 11) is 0. The van der Waals surface area contributed by atoms with Crippen LogP contribution in [-0.2, 0) is 9.59 Å². The summed E-state index contributed by atoms with van der Waals surface area (Å²) in [6.07, 6.45) is 2.70. The molecule has 0 aromatic heterocycles. The molecule has 0 heterocycles. The molecule has 0 aliphatic carbocycles. The molecule has 0 amide bonds. The molecule has 3 nitrogen and oxygen atoms in total. The highest BCUT2D eigenvalue weighted by Crippen LogP contribution is 2.12. The summed E-state index contributed by atoms with van der Waals surface area (Å²) in [5, 5.41) is 0. The highest BCUT2D eigenvalue weighted by Gasteiger charge is 2.20. The normalized spacial score (nSPS) is 11.0. The van der Waals surface area contributed by atoms with Crippen LogP contribution in [0.1, 0.15) is 26.2 Å². The van der Waals surface area contributed by atoms with Crippen molar-refractivity contribution in [2.75, 3.05) is 0 Å². The van der Waals surface area contributed by atoms with E-state index in [0.29, 0.717) is 6.42 Å². The van der Waals surface area contributed by atoms with Crippen LogP contribution >= 0.6 is 0 Å². The summed E-state index contributed by atoms with van der Waals surface area (Å²) in [6, 6.07) is 0. The van der Waals surface area contributed by atoms with Gasteiger partial charge in [0.25, 0.3) is 0 Å². The maximum absolute atomic E-state index is 10.1. The Morgan fingerprint density at radius 3 is 1.90 bits per heavy atom. The molecule has 0 saturated heterocycles. The van der Waals surface area contributed by atoms with E-state index >= 15 is 0 Å². The van der Waals surface area contributed by atoms with E-state index in [4.69, 9.17) is 5.73 Å². The Kier molecular flexibility index (Phi) is 3.88. The van der Waals surface area contributed by atoms with Crippen LogP contribution in [0.4, 0.5) is 0 Å². The van der Waals surface area contributed by atoms with Gasteiger partial charge in [-0.3, -0.25) is 0 Å². The summed E-state index contributed by atoms with van der Waals surface area (Å²) in [5.41, 5.74) is 5.06. The molecule has 0 saturated carbocycles. The fourth-order valence-electron chi connectivity index (χ4n) is 0.704. The van der Waals surface area contributed by atoms with Crippen molar-refractivity contribution in [3.8, 4) is 0 Å². The summed E-state index contributed by atoms with van der Waals surface area (Å²) in [5.74, 6) is 0. The van der Waals surface area contributed by atoms with E-state index in [9.17, 15) is 9.59 Å². The monoisotopic (exact) mass is 143 g/mol. The van der Waals surface area contributed by atoms with E-state index in [1.807, 2.05) is 6.92 Å². The molecule has 10 heavy (non-hydrogen) atoms. The van der Waals surface area contributed by atoms with Crippen molar-refractivity contribution < 1.29 is 9.59 Å². The number of carbonyl (C=O) groups is 2. The third-order valence-electron chi connectivity index (χ3n) is 1.68. The lowest BCUT2D eigenvalue weighted by molar-refractivity contribution is -0.110. The smallest absolute Gasteiger partial charge is 0.121 e.